The van der Waals surface area contributed by atoms with Crippen molar-refractivity contribution in [2.75, 3.05) is 11.1 Å². The number of carbonyl (C=O) groups is 2. The van der Waals surface area contributed by atoms with Gasteiger partial charge in [-0.05, 0) is 42.3 Å². The van der Waals surface area contributed by atoms with Crippen LogP contribution in [-0.4, -0.2) is 27.8 Å². The topological polar surface area (TPSA) is 97.1 Å². The van der Waals surface area contributed by atoms with E-state index >= 15 is 0 Å². The van der Waals surface area contributed by atoms with Crippen LogP contribution in [-0.2, 0) is 11.3 Å². The van der Waals surface area contributed by atoms with Crippen LogP contribution >= 0.6 is 23.4 Å². The molecule has 0 radical (unpaired) electrons. The van der Waals surface area contributed by atoms with Crippen LogP contribution in [0.4, 0.5) is 5.82 Å². The van der Waals surface area contributed by atoms with E-state index in [9.17, 15) is 9.59 Å². The SMILES string of the molecule is O=C(CCCSc1ccc(NC(=O)c2ccco2)nn1)NCc1ccccc1Cl. The molecule has 0 aliphatic carbocycles. The highest BCUT2D eigenvalue weighted by Gasteiger charge is 2.10. The quantitative estimate of drug-likeness (QED) is 0.390. The second-order valence-corrected chi connectivity index (χ2v) is 7.53. The van der Waals surface area contributed by atoms with Gasteiger partial charge in [0.1, 0.15) is 5.03 Å². The zero-order valence-corrected chi connectivity index (χ0v) is 17.0. The lowest BCUT2D eigenvalue weighted by molar-refractivity contribution is -0.121. The summed E-state index contributed by atoms with van der Waals surface area (Å²) in [5.41, 5.74) is 0.895. The van der Waals surface area contributed by atoms with Crippen molar-refractivity contribution < 1.29 is 14.0 Å². The average molecular weight is 431 g/mol. The van der Waals surface area contributed by atoms with Gasteiger partial charge >= 0.3 is 0 Å². The van der Waals surface area contributed by atoms with E-state index < -0.39 is 0 Å². The molecule has 0 aliphatic rings. The van der Waals surface area contributed by atoms with E-state index in [4.69, 9.17) is 16.0 Å². The van der Waals surface area contributed by atoms with Crippen LogP contribution in [0.2, 0.25) is 5.02 Å². The number of carbonyl (C=O) groups excluding carboxylic acids is 2. The summed E-state index contributed by atoms with van der Waals surface area (Å²) in [6, 6.07) is 14.1. The van der Waals surface area contributed by atoms with Gasteiger partial charge < -0.3 is 15.1 Å². The van der Waals surface area contributed by atoms with Crippen molar-refractivity contribution in [1.29, 1.82) is 0 Å². The minimum atomic E-state index is -0.382. The molecular weight excluding hydrogens is 412 g/mol. The number of nitrogens with zero attached hydrogens (tertiary/aromatic N) is 2. The lowest BCUT2D eigenvalue weighted by Gasteiger charge is -2.07. The summed E-state index contributed by atoms with van der Waals surface area (Å²) in [5.74, 6) is 0.875. The molecule has 3 rings (SSSR count). The Labute approximate surface area is 177 Å². The van der Waals surface area contributed by atoms with Crippen molar-refractivity contribution in [3.8, 4) is 0 Å². The summed E-state index contributed by atoms with van der Waals surface area (Å²) in [6.45, 7) is 0.419. The predicted molar refractivity (Wildman–Crippen MR) is 112 cm³/mol. The van der Waals surface area contributed by atoms with Gasteiger partial charge in [0, 0.05) is 23.7 Å². The number of aromatic nitrogens is 2. The van der Waals surface area contributed by atoms with Crippen molar-refractivity contribution in [2.24, 2.45) is 0 Å². The third-order valence-electron chi connectivity index (χ3n) is 3.86. The van der Waals surface area contributed by atoms with Crippen molar-refractivity contribution in [3.05, 3.63) is 71.1 Å². The van der Waals surface area contributed by atoms with E-state index in [-0.39, 0.29) is 17.6 Å². The van der Waals surface area contributed by atoms with E-state index in [1.54, 1.807) is 30.3 Å². The molecule has 0 fully saturated rings. The Balaban J connectivity index is 1.34. The van der Waals surface area contributed by atoms with Crippen LogP contribution in [0.5, 0.6) is 0 Å². The molecule has 2 heterocycles. The number of hydrogen-bond donors (Lipinski definition) is 2. The fourth-order valence-corrected chi connectivity index (χ4v) is 3.35. The molecule has 0 spiro atoms. The standard InChI is InChI=1S/C20H19ClN4O3S/c21-15-6-2-1-5-14(15)13-22-18(26)8-4-12-29-19-10-9-17(24-25-19)23-20(27)16-7-3-11-28-16/h1-3,5-7,9-11H,4,8,12-13H2,(H,22,26)(H,23,24,27). The number of rotatable bonds is 9. The van der Waals surface area contributed by atoms with Crippen LogP contribution in [0.1, 0.15) is 29.0 Å². The van der Waals surface area contributed by atoms with E-state index in [1.165, 1.54) is 18.0 Å². The molecule has 9 heteroatoms. The molecule has 0 bridgehead atoms. The second-order valence-electron chi connectivity index (χ2n) is 6.01. The second kappa shape index (κ2) is 10.6. The number of halogens is 1. The largest absolute Gasteiger partial charge is 0.459 e. The molecule has 150 valence electrons. The molecule has 0 atom stereocenters. The summed E-state index contributed by atoms with van der Waals surface area (Å²) in [7, 11) is 0. The number of amides is 2. The van der Waals surface area contributed by atoms with Crippen LogP contribution in [0.3, 0.4) is 0 Å². The third kappa shape index (κ3) is 6.62. The first-order valence-electron chi connectivity index (χ1n) is 8.93. The number of nitrogens with one attached hydrogen (secondary N) is 2. The van der Waals surface area contributed by atoms with Gasteiger partial charge in [-0.3, -0.25) is 9.59 Å². The number of anilines is 1. The Hall–Kier alpha value is -2.84. The maximum absolute atomic E-state index is 11.9. The van der Waals surface area contributed by atoms with Crippen LogP contribution in [0.15, 0.2) is 64.2 Å². The first kappa shape index (κ1) is 20.9. The van der Waals surface area contributed by atoms with Gasteiger partial charge in [0.15, 0.2) is 11.6 Å². The normalized spacial score (nSPS) is 10.5. The first-order valence-corrected chi connectivity index (χ1v) is 10.3. The van der Waals surface area contributed by atoms with Crippen molar-refractivity contribution in [3.63, 3.8) is 0 Å². The summed E-state index contributed by atoms with van der Waals surface area (Å²) >= 11 is 7.57. The molecule has 2 amide bonds. The van der Waals surface area contributed by atoms with Gasteiger partial charge in [-0.2, -0.15) is 0 Å². The molecule has 0 unspecified atom stereocenters. The fraction of sp³-hybridized carbons (Fsp3) is 0.200. The summed E-state index contributed by atoms with van der Waals surface area (Å²) in [6.07, 6.45) is 2.55. The average Bonchev–Trinajstić information content (AvgIpc) is 3.27. The van der Waals surface area contributed by atoms with Gasteiger partial charge in [-0.1, -0.05) is 29.8 Å². The Morgan fingerprint density at radius 2 is 1.93 bits per heavy atom. The third-order valence-corrected chi connectivity index (χ3v) is 5.23. The zero-order chi connectivity index (χ0) is 20.5. The molecule has 29 heavy (non-hydrogen) atoms. The monoisotopic (exact) mass is 430 g/mol. The van der Waals surface area contributed by atoms with Gasteiger partial charge in [-0.15, -0.1) is 22.0 Å². The van der Waals surface area contributed by atoms with E-state index in [0.717, 1.165) is 16.3 Å². The summed E-state index contributed by atoms with van der Waals surface area (Å²) < 4.78 is 5.02. The highest BCUT2D eigenvalue weighted by atomic mass is 35.5. The summed E-state index contributed by atoms with van der Waals surface area (Å²) in [4.78, 5) is 23.8. The van der Waals surface area contributed by atoms with Crippen molar-refractivity contribution in [1.82, 2.24) is 15.5 Å². The molecule has 0 aliphatic heterocycles. The van der Waals surface area contributed by atoms with Gasteiger partial charge in [0.25, 0.3) is 5.91 Å². The van der Waals surface area contributed by atoms with Gasteiger partial charge in [0.2, 0.25) is 5.91 Å². The molecule has 2 aromatic heterocycles. The van der Waals surface area contributed by atoms with E-state index in [2.05, 4.69) is 20.8 Å². The summed E-state index contributed by atoms with van der Waals surface area (Å²) in [5, 5.41) is 14.9. The number of benzene rings is 1. The lowest BCUT2D eigenvalue weighted by Crippen LogP contribution is -2.22. The Morgan fingerprint density at radius 3 is 2.66 bits per heavy atom. The Kier molecular flexibility index (Phi) is 7.66. The molecule has 7 nitrogen and oxygen atoms in total. The zero-order valence-electron chi connectivity index (χ0n) is 15.4. The van der Waals surface area contributed by atoms with E-state index in [1.807, 2.05) is 18.2 Å². The molecule has 1 aromatic carbocycles. The number of hydrogen-bond acceptors (Lipinski definition) is 6. The lowest BCUT2D eigenvalue weighted by atomic mass is 10.2. The predicted octanol–water partition coefficient (Wildman–Crippen LogP) is 4.16. The molecule has 0 saturated heterocycles. The van der Waals surface area contributed by atoms with E-state index in [0.29, 0.717) is 30.2 Å². The van der Waals surface area contributed by atoms with Crippen molar-refractivity contribution in [2.45, 2.75) is 24.4 Å². The highest BCUT2D eigenvalue weighted by Crippen LogP contribution is 2.18. The molecule has 3 aromatic rings. The minimum absolute atomic E-state index is 0.0207. The van der Waals surface area contributed by atoms with Gasteiger partial charge in [0.05, 0.1) is 6.26 Å². The molecular formula is C20H19ClN4O3S. The van der Waals surface area contributed by atoms with Crippen molar-refractivity contribution >= 4 is 41.0 Å². The number of thioether (sulfide) groups is 1. The first-order chi connectivity index (χ1) is 14.1. The van der Waals surface area contributed by atoms with Crippen LogP contribution in [0, 0.1) is 0 Å². The Morgan fingerprint density at radius 1 is 1.07 bits per heavy atom. The smallest absolute Gasteiger partial charge is 0.292 e. The maximum atomic E-state index is 11.9. The highest BCUT2D eigenvalue weighted by molar-refractivity contribution is 7.99. The Bertz CT molecular complexity index is 949. The maximum Gasteiger partial charge on any atom is 0.292 e. The van der Waals surface area contributed by atoms with Crippen LogP contribution < -0.4 is 10.6 Å². The molecule has 2 N–H and O–H groups in total. The minimum Gasteiger partial charge on any atom is -0.459 e. The fourth-order valence-electron chi connectivity index (χ4n) is 2.38. The number of furan rings is 1. The molecule has 0 saturated carbocycles. The van der Waals surface area contributed by atoms with Gasteiger partial charge in [-0.25, -0.2) is 0 Å². The van der Waals surface area contributed by atoms with Crippen LogP contribution in [0.25, 0.3) is 0 Å².